The van der Waals surface area contributed by atoms with E-state index in [4.69, 9.17) is 0 Å². The highest BCUT2D eigenvalue weighted by molar-refractivity contribution is 7.09. The molecule has 0 radical (unpaired) electrons. The third-order valence-corrected chi connectivity index (χ3v) is 4.98. The van der Waals surface area contributed by atoms with Crippen molar-refractivity contribution in [2.75, 3.05) is 6.54 Å². The van der Waals surface area contributed by atoms with E-state index in [0.717, 1.165) is 9.44 Å². The quantitative estimate of drug-likeness (QED) is 0.596. The Morgan fingerprint density at radius 3 is 2.81 bits per heavy atom. The molecule has 0 atom stereocenters. The van der Waals surface area contributed by atoms with Crippen LogP contribution in [0.25, 0.3) is 11.2 Å². The molecule has 0 N–H and O–H groups in total. The van der Waals surface area contributed by atoms with Crippen molar-refractivity contribution in [3.05, 3.63) is 62.2 Å². The van der Waals surface area contributed by atoms with E-state index in [1.807, 2.05) is 17.5 Å². The Morgan fingerprint density at radius 2 is 2.15 bits per heavy atom. The van der Waals surface area contributed by atoms with Crippen LogP contribution < -0.4 is 11.2 Å². The topological polar surface area (TPSA) is 82.1 Å². The van der Waals surface area contributed by atoms with Gasteiger partial charge in [-0.3, -0.25) is 14.2 Å². The lowest BCUT2D eigenvalue weighted by molar-refractivity contribution is -0.132. The standard InChI is InChI=1S/C17H19N5O3S/c1-4-7-21(9-12-6-5-8-26-12)13(23)10-22-16(24)14-15(18-11-19(14)2)20(3)17(22)25/h4-6,8,11H,1,7,9-10H2,2-3H3. The van der Waals surface area contributed by atoms with E-state index in [1.54, 1.807) is 33.9 Å². The van der Waals surface area contributed by atoms with Gasteiger partial charge in [0.15, 0.2) is 11.2 Å². The number of nitrogens with zero attached hydrogens (tertiary/aromatic N) is 5. The molecule has 0 fully saturated rings. The monoisotopic (exact) mass is 373 g/mol. The van der Waals surface area contributed by atoms with E-state index in [-0.39, 0.29) is 18.0 Å². The van der Waals surface area contributed by atoms with Crippen LogP contribution in [0.1, 0.15) is 4.88 Å². The Morgan fingerprint density at radius 1 is 1.38 bits per heavy atom. The lowest BCUT2D eigenvalue weighted by atomic mass is 10.3. The number of carbonyl (C=O) groups is 1. The Bertz CT molecular complexity index is 1070. The lowest BCUT2D eigenvalue weighted by Crippen LogP contribution is -2.44. The maximum absolute atomic E-state index is 12.8. The molecule has 9 heteroatoms. The number of carbonyl (C=O) groups excluding carboxylic acids is 1. The van der Waals surface area contributed by atoms with Gasteiger partial charge in [-0.2, -0.15) is 0 Å². The van der Waals surface area contributed by atoms with E-state index in [9.17, 15) is 14.4 Å². The van der Waals surface area contributed by atoms with Crippen LogP contribution in [0.4, 0.5) is 0 Å². The first-order valence-corrected chi connectivity index (χ1v) is 8.84. The predicted octanol–water partition coefficient (Wildman–Crippen LogP) is 0.710. The molecule has 0 saturated carbocycles. The normalized spacial score (nSPS) is 11.0. The van der Waals surface area contributed by atoms with Crippen molar-refractivity contribution in [1.82, 2.24) is 23.6 Å². The lowest BCUT2D eigenvalue weighted by Gasteiger charge is -2.21. The minimum Gasteiger partial charge on any atom is -0.332 e. The highest BCUT2D eigenvalue weighted by Crippen LogP contribution is 2.12. The van der Waals surface area contributed by atoms with Gasteiger partial charge in [0.25, 0.3) is 5.56 Å². The molecule has 26 heavy (non-hydrogen) atoms. The fraction of sp³-hybridized carbons (Fsp3) is 0.294. The number of hydrogen-bond donors (Lipinski definition) is 0. The SMILES string of the molecule is C=CCN(Cc1cccs1)C(=O)Cn1c(=O)c2c(ncn2C)n(C)c1=O. The van der Waals surface area contributed by atoms with Crippen molar-refractivity contribution in [1.29, 1.82) is 0 Å². The summed E-state index contributed by atoms with van der Waals surface area (Å²) in [5, 5.41) is 1.93. The molecule has 0 bridgehead atoms. The van der Waals surface area contributed by atoms with Crippen LogP contribution in [0.2, 0.25) is 0 Å². The molecular formula is C17H19N5O3S. The number of fused-ring (bicyclic) bond motifs is 1. The van der Waals surface area contributed by atoms with Crippen LogP contribution in [0.5, 0.6) is 0 Å². The minimum atomic E-state index is -0.566. The second-order valence-corrected chi connectivity index (χ2v) is 6.94. The van der Waals surface area contributed by atoms with Gasteiger partial charge in [-0.05, 0) is 11.4 Å². The van der Waals surface area contributed by atoms with Crippen LogP contribution in [-0.4, -0.2) is 36.0 Å². The van der Waals surface area contributed by atoms with Crippen molar-refractivity contribution in [2.24, 2.45) is 14.1 Å². The van der Waals surface area contributed by atoms with Crippen molar-refractivity contribution in [3.8, 4) is 0 Å². The summed E-state index contributed by atoms with van der Waals surface area (Å²) < 4.78 is 3.78. The molecule has 0 aliphatic carbocycles. The number of amides is 1. The summed E-state index contributed by atoms with van der Waals surface area (Å²) in [6.45, 7) is 4.09. The van der Waals surface area contributed by atoms with Gasteiger partial charge >= 0.3 is 5.69 Å². The smallest absolute Gasteiger partial charge is 0.332 e. The number of thiophene rings is 1. The zero-order valence-electron chi connectivity index (χ0n) is 14.6. The number of imidazole rings is 1. The van der Waals surface area contributed by atoms with Gasteiger partial charge in [0.1, 0.15) is 6.54 Å². The van der Waals surface area contributed by atoms with E-state index >= 15 is 0 Å². The van der Waals surface area contributed by atoms with Gasteiger partial charge in [-0.1, -0.05) is 12.1 Å². The second kappa shape index (κ2) is 7.12. The summed E-state index contributed by atoms with van der Waals surface area (Å²) in [7, 11) is 3.21. The maximum atomic E-state index is 12.8. The minimum absolute atomic E-state index is 0.286. The van der Waals surface area contributed by atoms with Crippen LogP contribution in [-0.2, 0) is 32.0 Å². The molecule has 0 aliphatic rings. The highest BCUT2D eigenvalue weighted by Gasteiger charge is 2.20. The zero-order valence-corrected chi connectivity index (χ0v) is 15.4. The first kappa shape index (κ1) is 17.9. The average Bonchev–Trinajstić information content (AvgIpc) is 3.26. The van der Waals surface area contributed by atoms with Crippen molar-refractivity contribution >= 4 is 28.4 Å². The summed E-state index contributed by atoms with van der Waals surface area (Å²) in [4.78, 5) is 44.7. The van der Waals surface area contributed by atoms with E-state index < -0.39 is 11.2 Å². The van der Waals surface area contributed by atoms with E-state index in [2.05, 4.69) is 11.6 Å². The Labute approximate surface area is 153 Å². The molecule has 136 valence electrons. The highest BCUT2D eigenvalue weighted by atomic mass is 32.1. The maximum Gasteiger partial charge on any atom is 0.332 e. The molecule has 0 spiro atoms. The van der Waals surface area contributed by atoms with E-state index in [1.165, 1.54) is 17.9 Å². The molecule has 8 nitrogen and oxygen atoms in total. The van der Waals surface area contributed by atoms with Crippen LogP contribution >= 0.6 is 11.3 Å². The van der Waals surface area contributed by atoms with Crippen molar-refractivity contribution < 1.29 is 4.79 Å². The van der Waals surface area contributed by atoms with Gasteiger partial charge in [-0.15, -0.1) is 17.9 Å². The molecule has 0 aliphatic heterocycles. The third-order valence-electron chi connectivity index (χ3n) is 4.12. The average molecular weight is 373 g/mol. The molecule has 0 unspecified atom stereocenters. The fourth-order valence-electron chi connectivity index (χ4n) is 2.77. The molecule has 0 aromatic carbocycles. The molecule has 3 heterocycles. The van der Waals surface area contributed by atoms with Gasteiger partial charge in [-0.25, -0.2) is 14.3 Å². The number of aromatic nitrogens is 4. The Balaban J connectivity index is 1.97. The summed E-state index contributed by atoms with van der Waals surface area (Å²) in [6.07, 6.45) is 3.09. The summed E-state index contributed by atoms with van der Waals surface area (Å²) in [6, 6.07) is 3.84. The largest absolute Gasteiger partial charge is 0.332 e. The van der Waals surface area contributed by atoms with Crippen LogP contribution in [0.3, 0.4) is 0 Å². The molecule has 0 saturated heterocycles. The number of hydrogen-bond acceptors (Lipinski definition) is 5. The summed E-state index contributed by atoms with van der Waals surface area (Å²) in [5.74, 6) is -0.320. The van der Waals surface area contributed by atoms with Gasteiger partial charge < -0.3 is 9.47 Å². The second-order valence-electron chi connectivity index (χ2n) is 5.90. The number of rotatable bonds is 6. The van der Waals surface area contributed by atoms with Crippen molar-refractivity contribution in [3.63, 3.8) is 0 Å². The van der Waals surface area contributed by atoms with Crippen LogP contribution in [0, 0.1) is 0 Å². The predicted molar refractivity (Wildman–Crippen MR) is 100 cm³/mol. The van der Waals surface area contributed by atoms with Gasteiger partial charge in [0.05, 0.1) is 12.9 Å². The molecule has 3 aromatic rings. The third kappa shape index (κ3) is 3.13. The first-order valence-electron chi connectivity index (χ1n) is 7.96. The molecule has 1 amide bonds. The summed E-state index contributed by atoms with van der Waals surface area (Å²) in [5.41, 5.74) is -0.503. The van der Waals surface area contributed by atoms with Crippen molar-refractivity contribution in [2.45, 2.75) is 13.1 Å². The molecular weight excluding hydrogens is 354 g/mol. The Kier molecular flexibility index (Phi) is 4.90. The van der Waals surface area contributed by atoms with E-state index in [0.29, 0.717) is 18.7 Å². The summed E-state index contributed by atoms with van der Waals surface area (Å²) >= 11 is 1.54. The number of aryl methyl sites for hydroxylation is 2. The Hall–Kier alpha value is -2.94. The van der Waals surface area contributed by atoms with Crippen LogP contribution in [0.15, 0.2) is 46.1 Å². The molecule has 3 rings (SSSR count). The first-order chi connectivity index (χ1) is 12.4. The van der Waals surface area contributed by atoms with Gasteiger partial charge in [0, 0.05) is 25.5 Å². The van der Waals surface area contributed by atoms with Gasteiger partial charge in [0.2, 0.25) is 5.91 Å². The fourth-order valence-corrected chi connectivity index (χ4v) is 3.49. The zero-order chi connectivity index (χ0) is 18.8. The molecule has 3 aromatic heterocycles.